The lowest BCUT2D eigenvalue weighted by Crippen LogP contribution is -2.46. The summed E-state index contributed by atoms with van der Waals surface area (Å²) in [5, 5.41) is 1.15. The van der Waals surface area contributed by atoms with Crippen LogP contribution in [0.15, 0.2) is 43.1 Å². The van der Waals surface area contributed by atoms with Crippen molar-refractivity contribution in [3.8, 4) is 5.75 Å². The maximum absolute atomic E-state index is 11.4. The maximum Gasteiger partial charge on any atom is 0.276 e. The first-order valence-corrected chi connectivity index (χ1v) is 5.23. The fourth-order valence-electron chi connectivity index (χ4n) is 1.02. The number of hydrogen-bond acceptors (Lipinski definition) is 3. The van der Waals surface area contributed by atoms with Crippen molar-refractivity contribution in [1.29, 1.82) is 0 Å². The molecule has 90 valence electrons. The Kier molecular flexibility index (Phi) is 4.96. The molecule has 0 aromatic heterocycles. The summed E-state index contributed by atoms with van der Waals surface area (Å²) in [6.07, 6.45) is 1.31. The normalized spacial score (nSPS) is 9.18. The van der Waals surface area contributed by atoms with Gasteiger partial charge in [0.25, 0.3) is 5.91 Å². The molecule has 5 nitrogen and oxygen atoms in total. The molecule has 1 aromatic rings. The van der Waals surface area contributed by atoms with Crippen molar-refractivity contribution >= 4 is 23.2 Å². The van der Waals surface area contributed by atoms with Gasteiger partial charge in [0.05, 0.1) is 0 Å². The number of hydrogen-bond donors (Lipinski definition) is 2. The van der Waals surface area contributed by atoms with Crippen molar-refractivity contribution in [1.82, 2.24) is 10.4 Å². The molecule has 0 heterocycles. The van der Waals surface area contributed by atoms with E-state index in [0.717, 1.165) is 5.01 Å². The number of hydrazine groups is 1. The van der Waals surface area contributed by atoms with Gasteiger partial charge in [0, 0.05) is 6.20 Å². The number of rotatable bonds is 4. The Morgan fingerprint density at radius 1 is 1.53 bits per heavy atom. The van der Waals surface area contributed by atoms with Gasteiger partial charge in [0.15, 0.2) is 11.7 Å². The average Bonchev–Trinajstić information content (AvgIpc) is 2.34. The van der Waals surface area contributed by atoms with Crippen LogP contribution in [0.4, 0.5) is 0 Å². The van der Waals surface area contributed by atoms with Gasteiger partial charge in [0.1, 0.15) is 5.75 Å². The Bertz CT molecular complexity index is 408. The molecular formula is C11H13N3O2S. The fourth-order valence-corrected chi connectivity index (χ4v) is 1.14. The lowest BCUT2D eigenvalue weighted by atomic mass is 10.3. The van der Waals surface area contributed by atoms with Gasteiger partial charge in [-0.2, -0.15) is 0 Å². The summed E-state index contributed by atoms with van der Waals surface area (Å²) in [7, 11) is 0. The van der Waals surface area contributed by atoms with Gasteiger partial charge in [-0.1, -0.05) is 24.8 Å². The van der Waals surface area contributed by atoms with E-state index in [1.54, 1.807) is 12.1 Å². The number of nitrogens with two attached hydrogens (primary N) is 1. The SMILES string of the molecule is C=CN(NC(=O)COc1ccccc1)C(N)=S. The van der Waals surface area contributed by atoms with Crippen LogP contribution in [0.25, 0.3) is 0 Å². The number of carbonyl (C=O) groups excluding carboxylic acids is 1. The highest BCUT2D eigenvalue weighted by Gasteiger charge is 2.07. The summed E-state index contributed by atoms with van der Waals surface area (Å²) < 4.78 is 5.24. The third-order valence-electron chi connectivity index (χ3n) is 1.78. The highest BCUT2D eigenvalue weighted by molar-refractivity contribution is 7.80. The van der Waals surface area contributed by atoms with Crippen molar-refractivity contribution in [2.24, 2.45) is 5.73 Å². The van der Waals surface area contributed by atoms with E-state index in [0.29, 0.717) is 5.75 Å². The molecule has 0 fully saturated rings. The number of benzene rings is 1. The van der Waals surface area contributed by atoms with Crippen LogP contribution >= 0.6 is 12.2 Å². The minimum atomic E-state index is -0.374. The Labute approximate surface area is 105 Å². The molecule has 6 heteroatoms. The van der Waals surface area contributed by atoms with E-state index in [2.05, 4.69) is 24.2 Å². The lowest BCUT2D eigenvalue weighted by Gasteiger charge is -2.18. The second kappa shape index (κ2) is 6.49. The number of nitrogens with one attached hydrogen (secondary N) is 1. The highest BCUT2D eigenvalue weighted by atomic mass is 32.1. The topological polar surface area (TPSA) is 67.6 Å². The Morgan fingerprint density at radius 2 is 2.18 bits per heavy atom. The minimum Gasteiger partial charge on any atom is -0.484 e. The van der Waals surface area contributed by atoms with Crippen LogP contribution in [0.3, 0.4) is 0 Å². The first-order chi connectivity index (χ1) is 8.13. The molecule has 0 saturated carbocycles. The first kappa shape index (κ1) is 13.0. The van der Waals surface area contributed by atoms with Crippen molar-refractivity contribution in [2.75, 3.05) is 6.61 Å². The maximum atomic E-state index is 11.4. The quantitative estimate of drug-likeness (QED) is 0.611. The van der Waals surface area contributed by atoms with Crippen LogP contribution in [0.5, 0.6) is 5.75 Å². The molecule has 1 rings (SSSR count). The van der Waals surface area contributed by atoms with Gasteiger partial charge >= 0.3 is 0 Å². The van der Waals surface area contributed by atoms with Crippen molar-refractivity contribution < 1.29 is 9.53 Å². The molecule has 0 unspecified atom stereocenters. The number of nitrogens with zero attached hydrogens (tertiary/aromatic N) is 1. The molecule has 3 N–H and O–H groups in total. The molecule has 0 bridgehead atoms. The molecule has 0 aliphatic heterocycles. The van der Waals surface area contributed by atoms with Crippen LogP contribution in [0, 0.1) is 0 Å². The summed E-state index contributed by atoms with van der Waals surface area (Å²) in [6.45, 7) is 3.33. The third-order valence-corrected chi connectivity index (χ3v) is 1.97. The summed E-state index contributed by atoms with van der Waals surface area (Å²) in [5.41, 5.74) is 7.75. The van der Waals surface area contributed by atoms with E-state index in [-0.39, 0.29) is 17.6 Å². The molecule has 0 radical (unpaired) electrons. The molecule has 0 aliphatic carbocycles. The van der Waals surface area contributed by atoms with E-state index in [9.17, 15) is 4.79 Å². The Morgan fingerprint density at radius 3 is 2.71 bits per heavy atom. The molecule has 0 saturated heterocycles. The van der Waals surface area contributed by atoms with E-state index < -0.39 is 0 Å². The zero-order valence-electron chi connectivity index (χ0n) is 9.13. The smallest absolute Gasteiger partial charge is 0.276 e. The standard InChI is InChI=1S/C11H13N3O2S/c1-2-14(11(12)17)13-10(15)8-16-9-6-4-3-5-7-9/h2-7H,1,8H2,(H2,12,17)(H,13,15). The number of amides is 1. The lowest BCUT2D eigenvalue weighted by molar-refractivity contribution is -0.125. The van der Waals surface area contributed by atoms with Gasteiger partial charge in [-0.15, -0.1) is 0 Å². The summed E-state index contributed by atoms with van der Waals surface area (Å²) in [4.78, 5) is 11.4. The van der Waals surface area contributed by atoms with Crippen LogP contribution in [-0.2, 0) is 4.79 Å². The second-order valence-corrected chi connectivity index (χ2v) is 3.45. The summed E-state index contributed by atoms with van der Waals surface area (Å²) in [5.74, 6) is 0.240. The second-order valence-electron chi connectivity index (χ2n) is 3.03. The molecule has 0 spiro atoms. The molecule has 0 aliphatic rings. The number of thiocarbonyl (C=S) groups is 1. The monoisotopic (exact) mass is 251 g/mol. The van der Waals surface area contributed by atoms with Crippen molar-refractivity contribution in [3.05, 3.63) is 43.1 Å². The molecule has 1 aromatic carbocycles. The van der Waals surface area contributed by atoms with Crippen LogP contribution < -0.4 is 15.9 Å². The van der Waals surface area contributed by atoms with Crippen LogP contribution in [-0.4, -0.2) is 22.6 Å². The summed E-state index contributed by atoms with van der Waals surface area (Å²) >= 11 is 4.69. The van der Waals surface area contributed by atoms with Gasteiger partial charge in [-0.3, -0.25) is 10.2 Å². The molecular weight excluding hydrogens is 238 g/mol. The summed E-state index contributed by atoms with van der Waals surface area (Å²) in [6, 6.07) is 9.01. The van der Waals surface area contributed by atoms with Crippen molar-refractivity contribution in [2.45, 2.75) is 0 Å². The predicted octanol–water partition coefficient (Wildman–Crippen LogP) is 0.786. The van der Waals surface area contributed by atoms with E-state index in [1.165, 1.54) is 6.20 Å². The van der Waals surface area contributed by atoms with Gasteiger partial charge in [0.2, 0.25) is 0 Å². The molecule has 0 atom stereocenters. The molecule has 17 heavy (non-hydrogen) atoms. The Balaban J connectivity index is 2.40. The number of carbonyl (C=O) groups is 1. The van der Waals surface area contributed by atoms with Gasteiger partial charge < -0.3 is 10.5 Å². The van der Waals surface area contributed by atoms with E-state index in [1.807, 2.05) is 18.2 Å². The fraction of sp³-hybridized carbons (Fsp3) is 0.0909. The van der Waals surface area contributed by atoms with Crippen LogP contribution in [0.1, 0.15) is 0 Å². The number of ether oxygens (including phenoxy) is 1. The zero-order valence-corrected chi connectivity index (χ0v) is 9.94. The Hall–Kier alpha value is -2.08. The zero-order chi connectivity index (χ0) is 12.7. The van der Waals surface area contributed by atoms with Crippen LogP contribution in [0.2, 0.25) is 0 Å². The minimum absolute atomic E-state index is 0.00746. The largest absolute Gasteiger partial charge is 0.484 e. The van der Waals surface area contributed by atoms with E-state index >= 15 is 0 Å². The molecule has 1 amide bonds. The first-order valence-electron chi connectivity index (χ1n) is 4.82. The predicted molar refractivity (Wildman–Crippen MR) is 68.9 cm³/mol. The third kappa shape index (κ3) is 4.52. The van der Waals surface area contributed by atoms with Crippen molar-refractivity contribution in [3.63, 3.8) is 0 Å². The van der Waals surface area contributed by atoms with E-state index in [4.69, 9.17) is 10.5 Å². The average molecular weight is 251 g/mol. The highest BCUT2D eigenvalue weighted by Crippen LogP contribution is 2.07. The van der Waals surface area contributed by atoms with Gasteiger partial charge in [-0.05, 0) is 24.4 Å². The van der Waals surface area contributed by atoms with Gasteiger partial charge in [-0.25, -0.2) is 5.01 Å². The number of para-hydroxylation sites is 1.